The third kappa shape index (κ3) is 3.40. The van der Waals surface area contributed by atoms with Gasteiger partial charge in [-0.3, -0.25) is 4.79 Å². The van der Waals surface area contributed by atoms with E-state index in [-0.39, 0.29) is 12.5 Å². The molecule has 1 rings (SSSR count). The number of aliphatic hydroxyl groups excluding tert-OH is 1. The van der Waals surface area contributed by atoms with Gasteiger partial charge in [-0.05, 0) is 24.6 Å². The quantitative estimate of drug-likeness (QED) is 0.770. The Morgan fingerprint density at radius 1 is 1.56 bits per heavy atom. The molecule has 88 valence electrons. The van der Waals surface area contributed by atoms with E-state index in [1.54, 1.807) is 18.2 Å². The number of rotatable bonds is 5. The highest BCUT2D eigenvalue weighted by Crippen LogP contribution is 2.22. The molecule has 0 spiro atoms. The average molecular weight is 244 g/mol. The van der Waals surface area contributed by atoms with Gasteiger partial charge in [-0.2, -0.15) is 0 Å². The standard InChI is InChI=1S/C11H14ClNO3/c1-16-10-7-8(12)3-4-9(10)11(15)13-5-2-6-14/h3-4,7,14H,2,5-6H2,1H3,(H,13,15). The van der Waals surface area contributed by atoms with Crippen molar-refractivity contribution >= 4 is 17.5 Å². The summed E-state index contributed by atoms with van der Waals surface area (Å²) in [7, 11) is 1.48. The van der Waals surface area contributed by atoms with Crippen molar-refractivity contribution in [3.63, 3.8) is 0 Å². The molecular formula is C11H14ClNO3. The zero-order valence-corrected chi connectivity index (χ0v) is 9.75. The number of nitrogens with one attached hydrogen (secondary N) is 1. The van der Waals surface area contributed by atoms with Crippen LogP contribution in [0.4, 0.5) is 0 Å². The molecule has 1 amide bonds. The molecule has 0 aromatic heterocycles. The Morgan fingerprint density at radius 2 is 2.31 bits per heavy atom. The number of benzene rings is 1. The molecule has 0 bridgehead atoms. The Bertz CT molecular complexity index is 368. The van der Waals surface area contributed by atoms with Crippen LogP contribution in [0.15, 0.2) is 18.2 Å². The molecule has 0 aliphatic heterocycles. The molecule has 5 heteroatoms. The van der Waals surface area contributed by atoms with E-state index in [2.05, 4.69) is 5.32 Å². The fraction of sp³-hybridized carbons (Fsp3) is 0.364. The Balaban J connectivity index is 2.74. The fourth-order valence-corrected chi connectivity index (χ4v) is 1.39. The van der Waals surface area contributed by atoms with E-state index in [4.69, 9.17) is 21.4 Å². The van der Waals surface area contributed by atoms with E-state index in [0.717, 1.165) is 0 Å². The highest BCUT2D eigenvalue weighted by molar-refractivity contribution is 6.30. The van der Waals surface area contributed by atoms with Crippen LogP contribution in [-0.2, 0) is 0 Å². The van der Waals surface area contributed by atoms with Gasteiger partial charge in [0, 0.05) is 18.2 Å². The minimum absolute atomic E-state index is 0.0536. The van der Waals surface area contributed by atoms with Crippen molar-refractivity contribution in [3.8, 4) is 5.75 Å². The number of hydrogen-bond donors (Lipinski definition) is 2. The third-order valence-corrected chi connectivity index (χ3v) is 2.26. The highest BCUT2D eigenvalue weighted by atomic mass is 35.5. The number of carbonyl (C=O) groups is 1. The number of methoxy groups -OCH3 is 1. The van der Waals surface area contributed by atoms with E-state index in [9.17, 15) is 4.79 Å². The molecule has 0 saturated heterocycles. The van der Waals surface area contributed by atoms with Crippen LogP contribution in [0.3, 0.4) is 0 Å². The molecule has 0 saturated carbocycles. The van der Waals surface area contributed by atoms with Crippen molar-refractivity contribution in [1.82, 2.24) is 5.32 Å². The monoisotopic (exact) mass is 243 g/mol. The van der Waals surface area contributed by atoms with Gasteiger partial charge < -0.3 is 15.2 Å². The highest BCUT2D eigenvalue weighted by Gasteiger charge is 2.11. The zero-order chi connectivity index (χ0) is 12.0. The van der Waals surface area contributed by atoms with Gasteiger partial charge in [-0.1, -0.05) is 11.6 Å². The molecule has 4 nitrogen and oxygen atoms in total. The molecule has 1 aromatic carbocycles. The first-order chi connectivity index (χ1) is 7.69. The van der Waals surface area contributed by atoms with Gasteiger partial charge in [-0.15, -0.1) is 0 Å². The molecule has 0 atom stereocenters. The number of amides is 1. The summed E-state index contributed by atoms with van der Waals surface area (Å²) in [6.07, 6.45) is 0.529. The maximum Gasteiger partial charge on any atom is 0.255 e. The lowest BCUT2D eigenvalue weighted by Gasteiger charge is -2.09. The van der Waals surface area contributed by atoms with Crippen molar-refractivity contribution < 1.29 is 14.6 Å². The van der Waals surface area contributed by atoms with Crippen molar-refractivity contribution in [2.45, 2.75) is 6.42 Å². The topological polar surface area (TPSA) is 58.6 Å². The van der Waals surface area contributed by atoms with Crippen molar-refractivity contribution in [3.05, 3.63) is 28.8 Å². The van der Waals surface area contributed by atoms with Gasteiger partial charge in [0.1, 0.15) is 5.75 Å². The summed E-state index contributed by atoms with van der Waals surface area (Å²) in [6, 6.07) is 4.82. The van der Waals surface area contributed by atoms with E-state index in [1.807, 2.05) is 0 Å². The molecule has 0 aliphatic carbocycles. The second-order valence-corrected chi connectivity index (χ2v) is 3.61. The lowest BCUT2D eigenvalue weighted by atomic mass is 10.2. The summed E-state index contributed by atoms with van der Waals surface area (Å²) >= 11 is 5.78. The van der Waals surface area contributed by atoms with E-state index >= 15 is 0 Å². The molecule has 2 N–H and O–H groups in total. The summed E-state index contributed by atoms with van der Waals surface area (Å²) in [6.45, 7) is 0.485. The average Bonchev–Trinajstić information content (AvgIpc) is 2.29. The summed E-state index contributed by atoms with van der Waals surface area (Å²) in [5, 5.41) is 11.8. The van der Waals surface area contributed by atoms with Crippen molar-refractivity contribution in [2.24, 2.45) is 0 Å². The van der Waals surface area contributed by atoms with Crippen LogP contribution in [0.5, 0.6) is 5.75 Å². The lowest BCUT2D eigenvalue weighted by Crippen LogP contribution is -2.25. The normalized spacial score (nSPS) is 9.94. The SMILES string of the molecule is COc1cc(Cl)ccc1C(=O)NCCCO. The lowest BCUT2D eigenvalue weighted by molar-refractivity contribution is 0.0948. The molecule has 0 aliphatic rings. The van der Waals surface area contributed by atoms with Crippen LogP contribution in [-0.4, -0.2) is 31.3 Å². The molecule has 0 radical (unpaired) electrons. The summed E-state index contributed by atoms with van der Waals surface area (Å²) in [5.74, 6) is 0.205. The van der Waals surface area contributed by atoms with Crippen LogP contribution in [0.25, 0.3) is 0 Å². The number of carbonyl (C=O) groups excluding carboxylic acids is 1. The van der Waals surface area contributed by atoms with Crippen LogP contribution in [0.1, 0.15) is 16.8 Å². The number of halogens is 1. The fourth-order valence-electron chi connectivity index (χ4n) is 1.23. The Hall–Kier alpha value is -1.26. The maximum atomic E-state index is 11.7. The predicted molar refractivity (Wildman–Crippen MR) is 62.0 cm³/mol. The minimum Gasteiger partial charge on any atom is -0.496 e. The molecule has 0 heterocycles. The first kappa shape index (κ1) is 12.8. The van der Waals surface area contributed by atoms with Gasteiger partial charge >= 0.3 is 0 Å². The Labute approximate surface area is 99.2 Å². The number of ether oxygens (including phenoxy) is 1. The maximum absolute atomic E-state index is 11.7. The van der Waals surface area contributed by atoms with Crippen LogP contribution in [0, 0.1) is 0 Å². The van der Waals surface area contributed by atoms with Gasteiger partial charge in [0.2, 0.25) is 0 Å². The summed E-state index contributed by atoms with van der Waals surface area (Å²) in [5.41, 5.74) is 0.435. The smallest absolute Gasteiger partial charge is 0.255 e. The molecular weight excluding hydrogens is 230 g/mol. The predicted octanol–water partition coefficient (Wildman–Crippen LogP) is 1.46. The second-order valence-electron chi connectivity index (χ2n) is 3.18. The number of hydrogen-bond acceptors (Lipinski definition) is 3. The first-order valence-corrected chi connectivity index (χ1v) is 5.29. The third-order valence-electron chi connectivity index (χ3n) is 2.03. The largest absolute Gasteiger partial charge is 0.496 e. The van der Waals surface area contributed by atoms with Gasteiger partial charge in [0.05, 0.1) is 12.7 Å². The number of aliphatic hydroxyl groups is 1. The van der Waals surface area contributed by atoms with Crippen LogP contribution < -0.4 is 10.1 Å². The Kier molecular flexibility index (Phi) is 5.08. The van der Waals surface area contributed by atoms with Crippen molar-refractivity contribution in [1.29, 1.82) is 0 Å². The van der Waals surface area contributed by atoms with Gasteiger partial charge in [0.15, 0.2) is 0 Å². The van der Waals surface area contributed by atoms with Crippen LogP contribution in [0.2, 0.25) is 5.02 Å². The summed E-state index contributed by atoms with van der Waals surface area (Å²) in [4.78, 5) is 11.7. The van der Waals surface area contributed by atoms with E-state index in [1.165, 1.54) is 7.11 Å². The summed E-state index contributed by atoms with van der Waals surface area (Å²) < 4.78 is 5.06. The molecule has 0 fully saturated rings. The zero-order valence-electron chi connectivity index (χ0n) is 9.00. The second kappa shape index (κ2) is 6.35. The molecule has 16 heavy (non-hydrogen) atoms. The van der Waals surface area contributed by atoms with E-state index < -0.39 is 0 Å². The molecule has 1 aromatic rings. The van der Waals surface area contributed by atoms with E-state index in [0.29, 0.717) is 29.3 Å². The van der Waals surface area contributed by atoms with Gasteiger partial charge in [-0.25, -0.2) is 0 Å². The van der Waals surface area contributed by atoms with Crippen LogP contribution >= 0.6 is 11.6 Å². The van der Waals surface area contributed by atoms with Gasteiger partial charge in [0.25, 0.3) is 5.91 Å². The molecule has 0 unspecified atom stereocenters. The minimum atomic E-state index is -0.234. The first-order valence-electron chi connectivity index (χ1n) is 4.91. The Morgan fingerprint density at radius 3 is 2.94 bits per heavy atom. The van der Waals surface area contributed by atoms with Crippen molar-refractivity contribution in [2.75, 3.05) is 20.3 Å².